The van der Waals surface area contributed by atoms with Crippen molar-refractivity contribution < 1.29 is 14.4 Å². The van der Waals surface area contributed by atoms with E-state index < -0.39 is 17.8 Å². The summed E-state index contributed by atoms with van der Waals surface area (Å²) in [5.74, 6) is -1.90. The van der Waals surface area contributed by atoms with Gasteiger partial charge in [0.25, 0.3) is 0 Å². The molecule has 6 rings (SSSR count). The third-order valence-electron chi connectivity index (χ3n) is 6.51. The highest BCUT2D eigenvalue weighted by molar-refractivity contribution is 6.25. The van der Waals surface area contributed by atoms with Gasteiger partial charge >= 0.3 is 0 Å². The van der Waals surface area contributed by atoms with Gasteiger partial charge in [0.1, 0.15) is 5.78 Å². The predicted molar refractivity (Wildman–Crippen MR) is 96.9 cm³/mol. The fourth-order valence-electron chi connectivity index (χ4n) is 5.17. The number of Topliss-reactive ketones (excluding diaryl/α,β-unsaturated/α-hetero) is 1. The standard InChI is InChI=1S/C22H19NO3/c1-11-6-5-9-16(12(11)2)23-21(25)19-15-10-17(24)18(20(19)22(23)26)14-8-4-3-7-13(14)15/h3-9,15,18-20H,10H2,1-2H3/t15-,18-,19+,20-/m1/s1. The van der Waals surface area contributed by atoms with Gasteiger partial charge in [0.05, 0.1) is 23.4 Å². The minimum atomic E-state index is -0.552. The number of hydrogen-bond donors (Lipinski definition) is 0. The van der Waals surface area contributed by atoms with E-state index in [4.69, 9.17) is 0 Å². The summed E-state index contributed by atoms with van der Waals surface area (Å²) in [6.07, 6.45) is 0.364. The van der Waals surface area contributed by atoms with E-state index in [2.05, 4.69) is 0 Å². The average Bonchev–Trinajstić information content (AvgIpc) is 2.90. The van der Waals surface area contributed by atoms with E-state index in [0.29, 0.717) is 12.1 Å². The van der Waals surface area contributed by atoms with Crippen LogP contribution in [0, 0.1) is 25.7 Å². The molecule has 4 heteroatoms. The number of benzene rings is 2. The molecule has 1 saturated heterocycles. The van der Waals surface area contributed by atoms with Crippen LogP contribution in [0.15, 0.2) is 42.5 Å². The highest BCUT2D eigenvalue weighted by Gasteiger charge is 2.62. The molecule has 0 N–H and O–H groups in total. The Labute approximate surface area is 151 Å². The molecule has 2 amide bonds. The zero-order valence-electron chi connectivity index (χ0n) is 14.7. The molecule has 3 aliphatic carbocycles. The first-order valence-electron chi connectivity index (χ1n) is 9.06. The van der Waals surface area contributed by atoms with E-state index in [0.717, 1.165) is 22.3 Å². The van der Waals surface area contributed by atoms with Crippen LogP contribution in [0.3, 0.4) is 0 Å². The quantitative estimate of drug-likeness (QED) is 0.746. The van der Waals surface area contributed by atoms with Crippen LogP contribution in [-0.4, -0.2) is 17.6 Å². The molecule has 130 valence electrons. The first-order valence-corrected chi connectivity index (χ1v) is 9.06. The van der Waals surface area contributed by atoms with Crippen molar-refractivity contribution in [1.29, 1.82) is 0 Å². The Morgan fingerprint density at radius 1 is 0.846 bits per heavy atom. The van der Waals surface area contributed by atoms with Gasteiger partial charge in [-0.25, -0.2) is 4.90 Å². The Morgan fingerprint density at radius 2 is 1.54 bits per heavy atom. The lowest BCUT2D eigenvalue weighted by Crippen LogP contribution is -2.44. The first kappa shape index (κ1) is 15.5. The molecule has 0 radical (unpaired) electrons. The Morgan fingerprint density at radius 3 is 2.31 bits per heavy atom. The van der Waals surface area contributed by atoms with E-state index in [1.165, 1.54) is 4.90 Å². The van der Waals surface area contributed by atoms with Crippen LogP contribution >= 0.6 is 0 Å². The summed E-state index contributed by atoms with van der Waals surface area (Å²) in [6.45, 7) is 3.90. The second kappa shape index (κ2) is 5.13. The van der Waals surface area contributed by atoms with Crippen LogP contribution in [0.1, 0.15) is 40.5 Å². The fourth-order valence-corrected chi connectivity index (χ4v) is 5.17. The van der Waals surface area contributed by atoms with Crippen molar-refractivity contribution in [3.8, 4) is 0 Å². The van der Waals surface area contributed by atoms with Crippen molar-refractivity contribution in [3.63, 3.8) is 0 Å². The molecular weight excluding hydrogens is 326 g/mol. The Balaban J connectivity index is 1.68. The molecule has 4 nitrogen and oxygen atoms in total. The lowest BCUT2D eigenvalue weighted by Gasteiger charge is -2.43. The minimum absolute atomic E-state index is 0.0962. The molecule has 2 aromatic rings. The number of aryl methyl sites for hydroxylation is 1. The topological polar surface area (TPSA) is 54.5 Å². The number of rotatable bonds is 1. The summed E-state index contributed by atoms with van der Waals surface area (Å²) in [6, 6.07) is 13.5. The molecule has 0 aromatic heterocycles. The highest BCUT2D eigenvalue weighted by atomic mass is 16.2. The van der Waals surface area contributed by atoms with Gasteiger partial charge in [-0.15, -0.1) is 0 Å². The number of anilines is 1. The van der Waals surface area contributed by atoms with Gasteiger partial charge in [-0.05, 0) is 42.2 Å². The molecule has 4 aliphatic rings. The Bertz CT molecular complexity index is 993. The molecule has 1 saturated carbocycles. The lowest BCUT2D eigenvalue weighted by molar-refractivity contribution is -0.134. The van der Waals surface area contributed by atoms with Crippen molar-refractivity contribution in [2.45, 2.75) is 32.1 Å². The first-order chi connectivity index (χ1) is 12.5. The molecule has 2 bridgehead atoms. The number of hydrogen-bond acceptors (Lipinski definition) is 3. The smallest absolute Gasteiger partial charge is 0.238 e. The van der Waals surface area contributed by atoms with E-state index in [9.17, 15) is 14.4 Å². The van der Waals surface area contributed by atoms with Crippen molar-refractivity contribution in [3.05, 3.63) is 64.7 Å². The van der Waals surface area contributed by atoms with Gasteiger partial charge in [-0.2, -0.15) is 0 Å². The van der Waals surface area contributed by atoms with Gasteiger partial charge < -0.3 is 0 Å². The number of carbonyl (C=O) groups is 3. The summed E-state index contributed by atoms with van der Waals surface area (Å²) < 4.78 is 0. The molecule has 1 aliphatic heterocycles. The maximum atomic E-state index is 13.3. The number of fused-ring (bicyclic) bond motifs is 1. The van der Waals surface area contributed by atoms with Crippen molar-refractivity contribution >= 4 is 23.3 Å². The van der Waals surface area contributed by atoms with Crippen LogP contribution in [-0.2, 0) is 14.4 Å². The van der Waals surface area contributed by atoms with E-state index in [-0.39, 0.29) is 23.5 Å². The third kappa shape index (κ3) is 1.77. The molecule has 4 atom stereocenters. The summed E-state index contributed by atoms with van der Waals surface area (Å²) in [5.41, 5.74) is 4.65. The predicted octanol–water partition coefficient (Wildman–Crippen LogP) is 3.26. The van der Waals surface area contributed by atoms with E-state index in [1.54, 1.807) is 0 Å². The molecule has 26 heavy (non-hydrogen) atoms. The molecule has 0 unspecified atom stereocenters. The third-order valence-corrected chi connectivity index (χ3v) is 6.51. The lowest BCUT2D eigenvalue weighted by atomic mass is 9.56. The van der Waals surface area contributed by atoms with E-state index >= 15 is 0 Å². The van der Waals surface area contributed by atoms with Gasteiger partial charge in [0.15, 0.2) is 0 Å². The van der Waals surface area contributed by atoms with Crippen molar-refractivity contribution in [2.24, 2.45) is 11.8 Å². The van der Waals surface area contributed by atoms with Crippen LogP contribution in [0.25, 0.3) is 0 Å². The average molecular weight is 345 g/mol. The number of carbonyl (C=O) groups excluding carboxylic acids is 3. The maximum Gasteiger partial charge on any atom is 0.238 e. The van der Waals surface area contributed by atoms with Gasteiger partial charge in [-0.1, -0.05) is 36.4 Å². The summed E-state index contributed by atoms with van der Waals surface area (Å²) in [5, 5.41) is 0. The van der Waals surface area contributed by atoms with Crippen LogP contribution in [0.2, 0.25) is 0 Å². The molecular formula is C22H19NO3. The Hall–Kier alpha value is -2.75. The summed E-state index contributed by atoms with van der Waals surface area (Å²) >= 11 is 0. The number of nitrogens with zero attached hydrogens (tertiary/aromatic N) is 1. The van der Waals surface area contributed by atoms with Gasteiger partial charge in [0, 0.05) is 12.3 Å². The second-order valence-corrected chi connectivity index (χ2v) is 7.67. The number of ketones is 1. The second-order valence-electron chi connectivity index (χ2n) is 7.67. The molecule has 1 heterocycles. The largest absolute Gasteiger partial charge is 0.299 e. The maximum absolute atomic E-state index is 13.3. The van der Waals surface area contributed by atoms with Crippen molar-refractivity contribution in [1.82, 2.24) is 0 Å². The normalized spacial score (nSPS) is 29.2. The number of amides is 2. The monoisotopic (exact) mass is 345 g/mol. The SMILES string of the molecule is Cc1cccc(N2C(=O)[C@@H]3[C@H](C2=O)[C@H]2C(=O)C[C@@H]3c3ccccc32)c1C. The zero-order valence-corrected chi connectivity index (χ0v) is 14.7. The van der Waals surface area contributed by atoms with Crippen molar-refractivity contribution in [2.75, 3.05) is 4.90 Å². The summed E-state index contributed by atoms with van der Waals surface area (Å²) in [4.78, 5) is 40.7. The molecule has 2 fully saturated rings. The van der Waals surface area contributed by atoms with Gasteiger partial charge in [0.2, 0.25) is 11.8 Å². The summed E-state index contributed by atoms with van der Waals surface area (Å²) in [7, 11) is 0. The number of imide groups is 1. The highest BCUT2D eigenvalue weighted by Crippen LogP contribution is 2.57. The minimum Gasteiger partial charge on any atom is -0.299 e. The molecule has 0 spiro atoms. The Kier molecular flexibility index (Phi) is 3.06. The van der Waals surface area contributed by atoms with Crippen LogP contribution in [0.4, 0.5) is 5.69 Å². The molecule has 2 aromatic carbocycles. The zero-order chi connectivity index (χ0) is 18.2. The van der Waals surface area contributed by atoms with Crippen LogP contribution < -0.4 is 4.90 Å². The van der Waals surface area contributed by atoms with E-state index in [1.807, 2.05) is 56.3 Å². The fraction of sp³-hybridized carbons (Fsp3) is 0.318. The van der Waals surface area contributed by atoms with Gasteiger partial charge in [-0.3, -0.25) is 14.4 Å². The van der Waals surface area contributed by atoms with Crippen LogP contribution in [0.5, 0.6) is 0 Å².